The van der Waals surface area contributed by atoms with Crippen molar-refractivity contribution in [1.29, 1.82) is 0 Å². The van der Waals surface area contributed by atoms with Crippen molar-refractivity contribution in [3.63, 3.8) is 0 Å². The Bertz CT molecular complexity index is 3230. The molecule has 0 aliphatic heterocycles. The second-order valence-electron chi connectivity index (χ2n) is 16.1. The van der Waals surface area contributed by atoms with Crippen LogP contribution in [-0.4, -0.2) is 9.97 Å². The van der Waals surface area contributed by atoms with Crippen LogP contribution in [0.15, 0.2) is 231 Å². The van der Waals surface area contributed by atoms with Gasteiger partial charge in [-0.15, -0.1) is 0 Å². The van der Waals surface area contributed by atoms with Gasteiger partial charge in [-0.3, -0.25) is 0 Å². The quantitative estimate of drug-likeness (QED) is 0.168. The van der Waals surface area contributed by atoms with E-state index in [0.29, 0.717) is 5.82 Å². The highest BCUT2D eigenvalue weighted by atomic mass is 14.9. The zero-order chi connectivity index (χ0) is 40.3. The Labute approximate surface area is 356 Å². The third kappa shape index (κ3) is 5.64. The zero-order valence-corrected chi connectivity index (χ0v) is 33.3. The van der Waals surface area contributed by atoms with E-state index in [1.165, 1.54) is 66.8 Å². The Morgan fingerprint density at radius 3 is 1.20 bits per heavy atom. The van der Waals surface area contributed by atoms with E-state index in [1.807, 2.05) is 24.3 Å². The highest BCUT2D eigenvalue weighted by Crippen LogP contribution is 2.63. The minimum Gasteiger partial charge on any atom is -0.228 e. The first kappa shape index (κ1) is 35.0. The second kappa shape index (κ2) is 14.1. The molecule has 0 saturated carbocycles. The van der Waals surface area contributed by atoms with E-state index < -0.39 is 0 Å². The van der Waals surface area contributed by atoms with E-state index in [9.17, 15) is 0 Å². The number of rotatable bonds is 6. The summed E-state index contributed by atoms with van der Waals surface area (Å²) < 4.78 is 0. The molecule has 2 aliphatic rings. The number of benzene rings is 9. The molecule has 284 valence electrons. The summed E-state index contributed by atoms with van der Waals surface area (Å²) in [6.45, 7) is 0. The summed E-state index contributed by atoms with van der Waals surface area (Å²) in [6, 6.07) is 83.3. The monoisotopic (exact) mass is 774 g/mol. The van der Waals surface area contributed by atoms with Gasteiger partial charge in [-0.05, 0) is 96.1 Å². The summed E-state index contributed by atoms with van der Waals surface area (Å²) >= 11 is 0. The van der Waals surface area contributed by atoms with Crippen LogP contribution in [-0.2, 0) is 5.41 Å². The molecule has 0 fully saturated rings. The van der Waals surface area contributed by atoms with Gasteiger partial charge in [0.25, 0.3) is 0 Å². The number of aromatic nitrogens is 2. The van der Waals surface area contributed by atoms with Gasteiger partial charge in [0.05, 0.1) is 16.8 Å². The second-order valence-corrected chi connectivity index (χ2v) is 16.1. The fraction of sp³-hybridized carbons (Fsp3) is 0.0169. The molecular weight excluding hydrogens is 737 g/mol. The lowest BCUT2D eigenvalue weighted by Crippen LogP contribution is -2.25. The van der Waals surface area contributed by atoms with Crippen LogP contribution in [0.25, 0.3) is 89.5 Å². The van der Waals surface area contributed by atoms with Crippen molar-refractivity contribution in [3.05, 3.63) is 253 Å². The third-order valence-electron chi connectivity index (χ3n) is 12.8. The van der Waals surface area contributed by atoms with Crippen LogP contribution >= 0.6 is 0 Å². The Hall–Kier alpha value is -7.94. The molecule has 2 heteroatoms. The first-order valence-corrected chi connectivity index (χ1v) is 21.0. The Balaban J connectivity index is 0.894. The number of nitrogens with zero attached hydrogens (tertiary/aromatic N) is 2. The molecule has 9 aromatic carbocycles. The van der Waals surface area contributed by atoms with Gasteiger partial charge in [0.1, 0.15) is 0 Å². The van der Waals surface area contributed by atoms with Crippen molar-refractivity contribution >= 4 is 0 Å². The van der Waals surface area contributed by atoms with Crippen molar-refractivity contribution in [2.75, 3.05) is 0 Å². The van der Waals surface area contributed by atoms with Crippen molar-refractivity contribution in [2.45, 2.75) is 5.41 Å². The normalized spacial score (nSPS) is 12.7. The molecule has 1 spiro atoms. The molecule has 1 aromatic heterocycles. The summed E-state index contributed by atoms with van der Waals surface area (Å²) in [7, 11) is 0. The van der Waals surface area contributed by atoms with Crippen LogP contribution < -0.4 is 0 Å². The van der Waals surface area contributed by atoms with Gasteiger partial charge in [0.15, 0.2) is 5.82 Å². The Morgan fingerprint density at radius 1 is 0.230 bits per heavy atom. The van der Waals surface area contributed by atoms with Gasteiger partial charge in [-0.1, -0.05) is 212 Å². The first-order valence-electron chi connectivity index (χ1n) is 21.0. The van der Waals surface area contributed by atoms with Crippen molar-refractivity contribution in [3.8, 4) is 89.5 Å². The van der Waals surface area contributed by atoms with E-state index in [0.717, 1.165) is 39.2 Å². The van der Waals surface area contributed by atoms with Gasteiger partial charge >= 0.3 is 0 Å². The van der Waals surface area contributed by atoms with Gasteiger partial charge in [0.2, 0.25) is 0 Å². The molecule has 0 radical (unpaired) electrons. The minimum atomic E-state index is -0.328. The molecule has 0 unspecified atom stereocenters. The van der Waals surface area contributed by atoms with E-state index in [-0.39, 0.29) is 5.41 Å². The van der Waals surface area contributed by atoms with Crippen LogP contribution in [0.4, 0.5) is 0 Å². The Morgan fingerprint density at radius 2 is 0.607 bits per heavy atom. The van der Waals surface area contributed by atoms with E-state index >= 15 is 0 Å². The molecule has 2 aliphatic carbocycles. The maximum atomic E-state index is 5.14. The van der Waals surface area contributed by atoms with Crippen molar-refractivity contribution in [1.82, 2.24) is 9.97 Å². The average Bonchev–Trinajstić information content (AvgIpc) is 3.82. The molecule has 0 N–H and O–H groups in total. The van der Waals surface area contributed by atoms with E-state index in [2.05, 4.69) is 206 Å². The summed E-state index contributed by atoms with van der Waals surface area (Å²) in [4.78, 5) is 10.2. The number of fused-ring (bicyclic) bond motifs is 10. The molecule has 0 amide bonds. The summed E-state index contributed by atoms with van der Waals surface area (Å²) in [5.41, 5.74) is 22.3. The van der Waals surface area contributed by atoms with Crippen LogP contribution in [0.3, 0.4) is 0 Å². The fourth-order valence-corrected chi connectivity index (χ4v) is 9.92. The lowest BCUT2D eigenvalue weighted by atomic mass is 9.70. The molecule has 2 nitrogen and oxygen atoms in total. The molecular formula is C59H38N2. The number of hydrogen-bond donors (Lipinski definition) is 0. The SMILES string of the molecule is c1ccc(-c2ccc(-c3cc(-c4cccc(-c5ccc(-c6ccc7c(c6)-c6ccccc6C76c7ccccc7-c7ccccc76)cc5)c4)nc(-c4ccccc4)n3)cc2)cc1. The third-order valence-corrected chi connectivity index (χ3v) is 12.8. The smallest absolute Gasteiger partial charge is 0.160 e. The largest absolute Gasteiger partial charge is 0.228 e. The topological polar surface area (TPSA) is 25.8 Å². The first-order chi connectivity index (χ1) is 30.2. The molecule has 12 rings (SSSR count). The van der Waals surface area contributed by atoms with Gasteiger partial charge in [0, 0.05) is 16.7 Å². The van der Waals surface area contributed by atoms with Crippen LogP contribution in [0, 0.1) is 0 Å². The molecule has 0 bridgehead atoms. The highest BCUT2D eigenvalue weighted by molar-refractivity contribution is 5.96. The standard InChI is InChI=1S/C59H38N2/c1-3-14-39(15-4-1)40-30-32-43(33-31-40)56-38-57(61-58(60-56)44-16-5-2-6-17-44)47-19-13-18-45(36-47)41-26-28-42(29-27-41)46-34-35-55-51(37-46)50-22-9-12-25-54(50)59(55)52-23-10-7-20-48(52)49-21-8-11-24-53(49)59/h1-38H. The lowest BCUT2D eigenvalue weighted by molar-refractivity contribution is 0.794. The average molecular weight is 775 g/mol. The molecule has 1 heterocycles. The molecule has 61 heavy (non-hydrogen) atoms. The van der Waals surface area contributed by atoms with E-state index in [4.69, 9.17) is 9.97 Å². The maximum absolute atomic E-state index is 5.14. The Kier molecular flexibility index (Phi) is 8.11. The summed E-state index contributed by atoms with van der Waals surface area (Å²) in [5.74, 6) is 0.708. The fourth-order valence-electron chi connectivity index (χ4n) is 9.92. The molecule has 0 saturated heterocycles. The van der Waals surface area contributed by atoms with Crippen LogP contribution in [0.5, 0.6) is 0 Å². The van der Waals surface area contributed by atoms with E-state index in [1.54, 1.807) is 0 Å². The van der Waals surface area contributed by atoms with Crippen molar-refractivity contribution < 1.29 is 0 Å². The minimum absolute atomic E-state index is 0.328. The van der Waals surface area contributed by atoms with Gasteiger partial charge < -0.3 is 0 Å². The molecule has 0 atom stereocenters. The van der Waals surface area contributed by atoms with Crippen molar-refractivity contribution in [2.24, 2.45) is 0 Å². The number of hydrogen-bond acceptors (Lipinski definition) is 2. The summed E-state index contributed by atoms with van der Waals surface area (Å²) in [5, 5.41) is 0. The predicted molar refractivity (Wildman–Crippen MR) is 251 cm³/mol. The van der Waals surface area contributed by atoms with Gasteiger partial charge in [-0.25, -0.2) is 9.97 Å². The van der Waals surface area contributed by atoms with Crippen LogP contribution in [0.1, 0.15) is 22.3 Å². The lowest BCUT2D eigenvalue weighted by Gasteiger charge is -2.30. The maximum Gasteiger partial charge on any atom is 0.160 e. The van der Waals surface area contributed by atoms with Crippen LogP contribution in [0.2, 0.25) is 0 Å². The molecule has 10 aromatic rings. The van der Waals surface area contributed by atoms with Gasteiger partial charge in [-0.2, -0.15) is 0 Å². The summed E-state index contributed by atoms with van der Waals surface area (Å²) in [6.07, 6.45) is 0. The highest BCUT2D eigenvalue weighted by Gasteiger charge is 2.51. The zero-order valence-electron chi connectivity index (χ0n) is 33.3. The predicted octanol–water partition coefficient (Wildman–Crippen LogP) is 14.8.